The fraction of sp³-hybridized carbons (Fsp3) is 0.304. The van der Waals surface area contributed by atoms with Crippen LogP contribution in [0, 0.1) is 0 Å². The Balaban J connectivity index is 1.64. The molecule has 0 spiro atoms. The van der Waals surface area contributed by atoms with E-state index in [9.17, 15) is 9.59 Å². The Morgan fingerprint density at radius 2 is 1.76 bits per heavy atom. The van der Waals surface area contributed by atoms with Crippen molar-refractivity contribution in [2.45, 2.75) is 44.4 Å². The quantitative estimate of drug-likeness (QED) is 0.276. The molecule has 0 radical (unpaired) electrons. The maximum Gasteiger partial charge on any atom is 0.328 e. The molecule has 1 fully saturated rings. The Hall–Kier alpha value is -2.96. The van der Waals surface area contributed by atoms with Crippen LogP contribution in [0.1, 0.15) is 48.4 Å². The Kier molecular flexibility index (Phi) is 7.55. The molecule has 2 aromatic carbocycles. The highest BCUT2D eigenvalue weighted by molar-refractivity contribution is 5.90. The van der Waals surface area contributed by atoms with Crippen LogP contribution < -0.4 is 10.8 Å². The van der Waals surface area contributed by atoms with Crippen molar-refractivity contribution in [2.24, 2.45) is 0 Å². The zero-order valence-electron chi connectivity index (χ0n) is 16.2. The molecule has 2 aromatic rings. The van der Waals surface area contributed by atoms with E-state index in [1.165, 1.54) is 6.08 Å². The van der Waals surface area contributed by atoms with E-state index in [1.807, 2.05) is 54.6 Å². The van der Waals surface area contributed by atoms with Gasteiger partial charge in [0.05, 0.1) is 0 Å². The van der Waals surface area contributed by atoms with Crippen LogP contribution >= 0.6 is 0 Å². The molecule has 3 rings (SSSR count). The first-order valence-corrected chi connectivity index (χ1v) is 9.85. The van der Waals surface area contributed by atoms with Crippen molar-refractivity contribution >= 4 is 18.0 Å². The molecule has 0 heterocycles. The number of rotatable bonds is 8. The van der Waals surface area contributed by atoms with Gasteiger partial charge in [-0.3, -0.25) is 15.3 Å². The lowest BCUT2D eigenvalue weighted by molar-refractivity contribution is -0.151. The van der Waals surface area contributed by atoms with Gasteiger partial charge < -0.3 is 4.74 Å². The molecule has 0 bridgehead atoms. The average Bonchev–Trinajstić information content (AvgIpc) is 3.26. The predicted molar refractivity (Wildman–Crippen MR) is 110 cm³/mol. The van der Waals surface area contributed by atoms with Gasteiger partial charge in [-0.05, 0) is 48.4 Å². The molecule has 3 N–H and O–H groups in total. The van der Waals surface area contributed by atoms with Gasteiger partial charge in [0.15, 0.2) is 0 Å². The molecule has 0 saturated heterocycles. The first-order chi connectivity index (χ1) is 14.2. The van der Waals surface area contributed by atoms with Crippen LogP contribution in [0.25, 0.3) is 6.08 Å². The highest BCUT2D eigenvalue weighted by Crippen LogP contribution is 2.24. The van der Waals surface area contributed by atoms with E-state index in [0.717, 1.165) is 42.4 Å². The number of ether oxygens (including phenoxy) is 1. The number of amides is 1. The van der Waals surface area contributed by atoms with Gasteiger partial charge in [-0.1, -0.05) is 54.6 Å². The summed E-state index contributed by atoms with van der Waals surface area (Å²) in [5, 5.41) is 11.8. The average molecular weight is 394 g/mol. The minimum atomic E-state index is -0.581. The summed E-state index contributed by atoms with van der Waals surface area (Å²) < 4.78 is 5.73. The third kappa shape index (κ3) is 6.27. The summed E-state index contributed by atoms with van der Waals surface area (Å²) >= 11 is 0. The first-order valence-electron chi connectivity index (χ1n) is 9.85. The number of esters is 1. The standard InChI is InChI=1S/C23H26N2O4/c26-21(25-28)15-14-17-10-12-18(13-11-17)16-24-22(19-6-2-1-3-7-19)23(27)29-20-8-4-5-9-20/h1-3,6-7,10-15,20,22,24,28H,4-5,8-9,16H2,(H,25,26)/t22-/m1/s1. The number of nitrogens with one attached hydrogen (secondary N) is 2. The van der Waals surface area contributed by atoms with Crippen molar-refractivity contribution in [3.05, 3.63) is 77.4 Å². The molecule has 29 heavy (non-hydrogen) atoms. The predicted octanol–water partition coefficient (Wildman–Crippen LogP) is 3.52. The van der Waals surface area contributed by atoms with Crippen LogP contribution in [0.4, 0.5) is 0 Å². The number of hydroxylamine groups is 1. The fourth-order valence-corrected chi connectivity index (χ4v) is 3.40. The van der Waals surface area contributed by atoms with Gasteiger partial charge in [0.2, 0.25) is 0 Å². The summed E-state index contributed by atoms with van der Waals surface area (Å²) in [6.07, 6.45) is 6.99. The SMILES string of the molecule is O=C(C=Cc1ccc(CN[C@@H](C(=O)OC2CCCC2)c2ccccc2)cc1)NO. The van der Waals surface area contributed by atoms with Crippen LogP contribution in [0.2, 0.25) is 0 Å². The second kappa shape index (κ2) is 10.5. The van der Waals surface area contributed by atoms with E-state index in [1.54, 1.807) is 11.6 Å². The van der Waals surface area contributed by atoms with E-state index in [2.05, 4.69) is 5.32 Å². The smallest absolute Gasteiger partial charge is 0.328 e. The second-order valence-electron chi connectivity index (χ2n) is 7.12. The Morgan fingerprint density at radius 1 is 1.07 bits per heavy atom. The van der Waals surface area contributed by atoms with Crippen LogP contribution in [0.15, 0.2) is 60.7 Å². The molecular formula is C23H26N2O4. The zero-order valence-corrected chi connectivity index (χ0v) is 16.2. The largest absolute Gasteiger partial charge is 0.461 e. The molecule has 1 amide bonds. The molecule has 1 aliphatic carbocycles. The van der Waals surface area contributed by atoms with Crippen molar-refractivity contribution in [2.75, 3.05) is 0 Å². The minimum Gasteiger partial charge on any atom is -0.461 e. The molecule has 0 unspecified atom stereocenters. The summed E-state index contributed by atoms with van der Waals surface area (Å²) in [7, 11) is 0. The lowest BCUT2D eigenvalue weighted by atomic mass is 10.1. The zero-order chi connectivity index (χ0) is 20.5. The molecular weight excluding hydrogens is 368 g/mol. The van der Waals surface area contributed by atoms with Crippen LogP contribution in [0.5, 0.6) is 0 Å². The van der Waals surface area contributed by atoms with Gasteiger partial charge in [0, 0.05) is 12.6 Å². The lowest BCUT2D eigenvalue weighted by Gasteiger charge is -2.21. The minimum absolute atomic E-state index is 0.0257. The molecule has 1 atom stereocenters. The van der Waals surface area contributed by atoms with Gasteiger partial charge in [-0.25, -0.2) is 10.3 Å². The molecule has 1 saturated carbocycles. The van der Waals surface area contributed by atoms with Gasteiger partial charge in [-0.15, -0.1) is 0 Å². The van der Waals surface area contributed by atoms with Gasteiger partial charge in [0.25, 0.3) is 5.91 Å². The Morgan fingerprint density at radius 3 is 2.41 bits per heavy atom. The number of hydrogen-bond donors (Lipinski definition) is 3. The Bertz CT molecular complexity index is 828. The highest BCUT2D eigenvalue weighted by atomic mass is 16.5. The van der Waals surface area contributed by atoms with E-state index < -0.39 is 11.9 Å². The van der Waals surface area contributed by atoms with E-state index in [0.29, 0.717) is 6.54 Å². The topological polar surface area (TPSA) is 87.7 Å². The normalized spacial score (nSPS) is 15.3. The lowest BCUT2D eigenvalue weighted by Crippen LogP contribution is -2.32. The van der Waals surface area contributed by atoms with Crippen molar-refractivity contribution in [3.8, 4) is 0 Å². The number of hydrogen-bond acceptors (Lipinski definition) is 5. The highest BCUT2D eigenvalue weighted by Gasteiger charge is 2.26. The molecule has 1 aliphatic rings. The third-order valence-electron chi connectivity index (χ3n) is 4.98. The van der Waals surface area contributed by atoms with Crippen LogP contribution in [-0.2, 0) is 20.9 Å². The first kappa shape index (κ1) is 20.8. The van der Waals surface area contributed by atoms with Crippen LogP contribution in [-0.4, -0.2) is 23.2 Å². The third-order valence-corrected chi connectivity index (χ3v) is 4.98. The van der Waals surface area contributed by atoms with Crippen molar-refractivity contribution in [3.63, 3.8) is 0 Å². The second-order valence-corrected chi connectivity index (χ2v) is 7.12. The number of carbonyl (C=O) groups is 2. The molecule has 0 aromatic heterocycles. The summed E-state index contributed by atoms with van der Waals surface area (Å²) in [5.41, 5.74) is 4.27. The van der Waals surface area contributed by atoms with Gasteiger partial charge in [-0.2, -0.15) is 0 Å². The number of benzene rings is 2. The summed E-state index contributed by atoms with van der Waals surface area (Å²) in [6.45, 7) is 0.500. The van der Waals surface area contributed by atoms with Crippen molar-refractivity contribution < 1.29 is 19.5 Å². The van der Waals surface area contributed by atoms with Crippen molar-refractivity contribution in [1.82, 2.24) is 10.8 Å². The maximum atomic E-state index is 12.8. The number of carbonyl (C=O) groups excluding carboxylic acids is 2. The fourth-order valence-electron chi connectivity index (χ4n) is 3.40. The van der Waals surface area contributed by atoms with Gasteiger partial charge in [0.1, 0.15) is 12.1 Å². The molecule has 0 aliphatic heterocycles. The van der Waals surface area contributed by atoms with Gasteiger partial charge >= 0.3 is 5.97 Å². The molecule has 152 valence electrons. The summed E-state index contributed by atoms with van der Waals surface area (Å²) in [5.74, 6) is -0.820. The van der Waals surface area contributed by atoms with E-state index in [4.69, 9.17) is 9.94 Å². The summed E-state index contributed by atoms with van der Waals surface area (Å²) in [6, 6.07) is 16.7. The van der Waals surface area contributed by atoms with E-state index >= 15 is 0 Å². The Labute approximate surface area is 170 Å². The van der Waals surface area contributed by atoms with E-state index in [-0.39, 0.29) is 12.1 Å². The summed E-state index contributed by atoms with van der Waals surface area (Å²) in [4.78, 5) is 23.9. The van der Waals surface area contributed by atoms with Crippen LogP contribution in [0.3, 0.4) is 0 Å². The maximum absolute atomic E-state index is 12.8. The van der Waals surface area contributed by atoms with Crippen molar-refractivity contribution in [1.29, 1.82) is 0 Å². The monoisotopic (exact) mass is 394 g/mol. The molecule has 6 heteroatoms. The molecule has 6 nitrogen and oxygen atoms in total.